The van der Waals surface area contributed by atoms with Crippen LogP contribution >= 0.6 is 11.3 Å². The van der Waals surface area contributed by atoms with Crippen molar-refractivity contribution in [2.45, 2.75) is 38.3 Å². The molecule has 1 aromatic heterocycles. The first-order chi connectivity index (χ1) is 8.66. The molecule has 1 fully saturated rings. The number of hydrogen-bond acceptors (Lipinski definition) is 5. The van der Waals surface area contributed by atoms with Crippen LogP contribution in [0.4, 0.5) is 5.00 Å². The number of rotatable bonds is 5. The van der Waals surface area contributed by atoms with Crippen molar-refractivity contribution in [2.75, 3.05) is 6.54 Å². The van der Waals surface area contributed by atoms with Crippen LogP contribution in [0.15, 0.2) is 11.4 Å². The Hall–Kier alpha value is -0.980. The Morgan fingerprint density at radius 3 is 2.94 bits per heavy atom. The van der Waals surface area contributed by atoms with Crippen LogP contribution in [-0.4, -0.2) is 22.7 Å². The predicted molar refractivity (Wildman–Crippen MR) is 70.6 cm³/mol. The lowest BCUT2D eigenvalue weighted by atomic mass is 9.86. The first-order valence-corrected chi connectivity index (χ1v) is 7.15. The van der Waals surface area contributed by atoms with Crippen molar-refractivity contribution in [3.63, 3.8) is 0 Å². The minimum atomic E-state index is -0.362. The van der Waals surface area contributed by atoms with Crippen LogP contribution in [0.1, 0.15) is 31.2 Å². The van der Waals surface area contributed by atoms with Crippen molar-refractivity contribution in [2.24, 2.45) is 5.92 Å². The van der Waals surface area contributed by atoms with E-state index in [-0.39, 0.29) is 16.0 Å². The standard InChI is InChI=1S/C12H18N2O3S/c15-11-4-2-1-3-10(11)7-13-6-9-5-12(14(16)17)18-8-9/h5,8,10-11,13,15H,1-4,6-7H2. The van der Waals surface area contributed by atoms with Crippen molar-refractivity contribution in [1.29, 1.82) is 0 Å². The maximum absolute atomic E-state index is 10.5. The van der Waals surface area contributed by atoms with Gasteiger partial charge >= 0.3 is 5.00 Å². The highest BCUT2D eigenvalue weighted by atomic mass is 32.1. The van der Waals surface area contributed by atoms with Crippen LogP contribution in [0.2, 0.25) is 0 Å². The monoisotopic (exact) mass is 270 g/mol. The fraction of sp³-hybridized carbons (Fsp3) is 0.667. The largest absolute Gasteiger partial charge is 0.393 e. The van der Waals surface area contributed by atoms with Gasteiger partial charge in [-0.25, -0.2) is 0 Å². The summed E-state index contributed by atoms with van der Waals surface area (Å²) in [6.45, 7) is 1.42. The van der Waals surface area contributed by atoms with E-state index in [2.05, 4.69) is 5.32 Å². The number of aliphatic hydroxyl groups excluding tert-OH is 1. The molecule has 0 aromatic carbocycles. The molecule has 100 valence electrons. The zero-order chi connectivity index (χ0) is 13.0. The molecule has 1 heterocycles. The van der Waals surface area contributed by atoms with Crippen molar-refractivity contribution in [3.05, 3.63) is 27.1 Å². The molecule has 0 saturated heterocycles. The second kappa shape index (κ2) is 6.26. The topological polar surface area (TPSA) is 75.4 Å². The molecule has 2 unspecified atom stereocenters. The minimum absolute atomic E-state index is 0.185. The highest BCUT2D eigenvalue weighted by Gasteiger charge is 2.22. The molecule has 2 atom stereocenters. The molecule has 0 spiro atoms. The highest BCUT2D eigenvalue weighted by molar-refractivity contribution is 7.13. The van der Waals surface area contributed by atoms with E-state index < -0.39 is 0 Å². The first-order valence-electron chi connectivity index (χ1n) is 6.27. The van der Waals surface area contributed by atoms with Crippen molar-refractivity contribution in [1.82, 2.24) is 5.32 Å². The molecule has 2 rings (SSSR count). The van der Waals surface area contributed by atoms with Gasteiger partial charge in [0.05, 0.1) is 11.0 Å². The molecule has 0 bridgehead atoms. The summed E-state index contributed by atoms with van der Waals surface area (Å²) in [6.07, 6.45) is 4.08. The van der Waals surface area contributed by atoms with Crippen molar-refractivity contribution in [3.8, 4) is 0 Å². The highest BCUT2D eigenvalue weighted by Crippen LogP contribution is 2.24. The average Bonchev–Trinajstić information content (AvgIpc) is 2.80. The van der Waals surface area contributed by atoms with Crippen LogP contribution in [0.25, 0.3) is 0 Å². The van der Waals surface area contributed by atoms with Gasteiger partial charge in [0.15, 0.2) is 0 Å². The number of hydrogen-bond donors (Lipinski definition) is 2. The van der Waals surface area contributed by atoms with E-state index >= 15 is 0 Å². The molecule has 1 aliphatic rings. The molecule has 0 radical (unpaired) electrons. The second-order valence-corrected chi connectivity index (χ2v) is 5.68. The van der Waals surface area contributed by atoms with Gasteiger partial charge in [-0.3, -0.25) is 10.1 Å². The lowest BCUT2D eigenvalue weighted by molar-refractivity contribution is -0.380. The fourth-order valence-electron chi connectivity index (χ4n) is 2.38. The number of nitrogens with zero attached hydrogens (tertiary/aromatic N) is 1. The van der Waals surface area contributed by atoms with E-state index in [4.69, 9.17) is 0 Å². The van der Waals surface area contributed by atoms with Crippen molar-refractivity contribution < 1.29 is 10.0 Å². The first kappa shape index (κ1) is 13.5. The minimum Gasteiger partial charge on any atom is -0.393 e. The number of thiophene rings is 1. The van der Waals surface area contributed by atoms with Gasteiger partial charge in [0.1, 0.15) is 0 Å². The van der Waals surface area contributed by atoms with Crippen LogP contribution in [0.5, 0.6) is 0 Å². The van der Waals surface area contributed by atoms with Gasteiger partial charge in [-0.2, -0.15) is 0 Å². The Bertz CT molecular complexity index is 408. The van der Waals surface area contributed by atoms with E-state index in [9.17, 15) is 15.2 Å². The normalized spacial score (nSPS) is 24.1. The van der Waals surface area contributed by atoms with Gasteiger partial charge in [0.2, 0.25) is 0 Å². The summed E-state index contributed by atoms with van der Waals surface area (Å²) in [5.41, 5.74) is 0.942. The molecule has 1 aliphatic carbocycles. The summed E-state index contributed by atoms with van der Waals surface area (Å²) in [4.78, 5) is 10.2. The molecule has 6 heteroatoms. The Morgan fingerprint density at radius 2 is 2.28 bits per heavy atom. The molecule has 1 aromatic rings. The Kier molecular flexibility index (Phi) is 4.68. The molecule has 18 heavy (non-hydrogen) atoms. The summed E-state index contributed by atoms with van der Waals surface area (Å²) in [5.74, 6) is 0.326. The molecular formula is C12H18N2O3S. The quantitative estimate of drug-likeness (QED) is 0.636. The molecule has 2 N–H and O–H groups in total. The Balaban J connectivity index is 1.75. The SMILES string of the molecule is O=[N+]([O-])c1cc(CNCC2CCCCC2O)cs1. The molecule has 0 aliphatic heterocycles. The lowest BCUT2D eigenvalue weighted by Crippen LogP contribution is -2.33. The third kappa shape index (κ3) is 3.51. The fourth-order valence-corrected chi connectivity index (χ4v) is 3.11. The van der Waals surface area contributed by atoms with Crippen LogP contribution in [0.3, 0.4) is 0 Å². The summed E-state index contributed by atoms with van der Waals surface area (Å²) in [6, 6.07) is 1.61. The number of nitro groups is 1. The molecule has 5 nitrogen and oxygen atoms in total. The van der Waals surface area contributed by atoms with Gasteiger partial charge in [0.25, 0.3) is 0 Å². The molecule has 1 saturated carbocycles. The predicted octanol–water partition coefficient (Wildman–Crippen LogP) is 2.30. The summed E-state index contributed by atoms with van der Waals surface area (Å²) in [5, 5.41) is 25.6. The van der Waals surface area contributed by atoms with E-state index in [1.165, 1.54) is 6.42 Å². The number of nitrogens with one attached hydrogen (secondary N) is 1. The van der Waals surface area contributed by atoms with Gasteiger partial charge in [-0.15, -0.1) is 0 Å². The Morgan fingerprint density at radius 1 is 1.50 bits per heavy atom. The maximum atomic E-state index is 10.5. The molecule has 0 amide bonds. The third-order valence-corrected chi connectivity index (χ3v) is 4.35. The van der Waals surface area contributed by atoms with Crippen LogP contribution in [-0.2, 0) is 6.54 Å². The van der Waals surface area contributed by atoms with Gasteiger partial charge < -0.3 is 10.4 Å². The van der Waals surface area contributed by atoms with Crippen LogP contribution < -0.4 is 5.32 Å². The van der Waals surface area contributed by atoms with Gasteiger partial charge in [-0.1, -0.05) is 24.2 Å². The van der Waals surface area contributed by atoms with Gasteiger partial charge in [-0.05, 0) is 24.3 Å². The Labute approximate surface area is 110 Å². The molecular weight excluding hydrogens is 252 g/mol. The lowest BCUT2D eigenvalue weighted by Gasteiger charge is -2.27. The zero-order valence-corrected chi connectivity index (χ0v) is 11.0. The smallest absolute Gasteiger partial charge is 0.324 e. The van der Waals surface area contributed by atoms with E-state index in [0.29, 0.717) is 12.5 Å². The maximum Gasteiger partial charge on any atom is 0.324 e. The van der Waals surface area contributed by atoms with E-state index in [0.717, 1.165) is 42.7 Å². The average molecular weight is 270 g/mol. The van der Waals surface area contributed by atoms with Gasteiger partial charge in [0, 0.05) is 24.5 Å². The summed E-state index contributed by atoms with van der Waals surface area (Å²) in [7, 11) is 0. The number of aliphatic hydroxyl groups is 1. The van der Waals surface area contributed by atoms with E-state index in [1.807, 2.05) is 5.38 Å². The zero-order valence-electron chi connectivity index (χ0n) is 10.2. The van der Waals surface area contributed by atoms with E-state index in [1.54, 1.807) is 6.07 Å². The summed E-state index contributed by atoms with van der Waals surface area (Å²) >= 11 is 1.16. The second-order valence-electron chi connectivity index (χ2n) is 4.79. The summed E-state index contributed by atoms with van der Waals surface area (Å²) < 4.78 is 0. The van der Waals surface area contributed by atoms with Crippen LogP contribution in [0, 0.1) is 16.0 Å². The van der Waals surface area contributed by atoms with Crippen molar-refractivity contribution >= 4 is 16.3 Å². The third-order valence-electron chi connectivity index (χ3n) is 3.42.